The first-order valence-electron chi connectivity index (χ1n) is 6.84. The molecule has 1 heterocycles. The minimum atomic E-state index is -4.40. The predicted molar refractivity (Wildman–Crippen MR) is 82.0 cm³/mol. The molecule has 0 spiro atoms. The Kier molecular flexibility index (Phi) is 3.63. The van der Waals surface area contributed by atoms with Gasteiger partial charge in [0.25, 0.3) is 5.56 Å². The van der Waals surface area contributed by atoms with Gasteiger partial charge >= 0.3 is 12.1 Å². The summed E-state index contributed by atoms with van der Waals surface area (Å²) in [5, 5.41) is 9.45. The highest BCUT2D eigenvalue weighted by molar-refractivity contribution is 5.93. The Balaban J connectivity index is 2.06. The predicted octanol–water partition coefficient (Wildman–Crippen LogP) is 3.91. The van der Waals surface area contributed by atoms with Crippen LogP contribution in [0.25, 0.3) is 22.0 Å². The molecule has 122 valence electrons. The first kappa shape index (κ1) is 15.8. The molecule has 1 aromatic heterocycles. The summed E-state index contributed by atoms with van der Waals surface area (Å²) in [6, 6.07) is 10.7. The van der Waals surface area contributed by atoms with Gasteiger partial charge in [-0.05, 0) is 40.8 Å². The molecule has 0 saturated carbocycles. The molecule has 0 bridgehead atoms. The summed E-state index contributed by atoms with van der Waals surface area (Å²) in [5.41, 5.74) is -0.290. The SMILES string of the molecule is O=C(O)c1cc2ccc(-c3ccc(C(F)(F)F)cc3)cc2[nH]c1=O. The van der Waals surface area contributed by atoms with Crippen molar-refractivity contribution in [1.29, 1.82) is 0 Å². The van der Waals surface area contributed by atoms with E-state index in [1.54, 1.807) is 18.2 Å². The van der Waals surface area contributed by atoms with Gasteiger partial charge in [0.1, 0.15) is 5.56 Å². The Morgan fingerprint density at radius 2 is 1.58 bits per heavy atom. The molecule has 0 aliphatic rings. The fourth-order valence-electron chi connectivity index (χ4n) is 2.39. The number of carboxylic acids is 1. The molecular weight excluding hydrogens is 323 g/mol. The minimum Gasteiger partial charge on any atom is -0.477 e. The zero-order valence-electron chi connectivity index (χ0n) is 12.0. The van der Waals surface area contributed by atoms with Crippen LogP contribution in [0.15, 0.2) is 53.3 Å². The number of hydrogen-bond acceptors (Lipinski definition) is 2. The highest BCUT2D eigenvalue weighted by atomic mass is 19.4. The van der Waals surface area contributed by atoms with Gasteiger partial charge in [0.05, 0.1) is 5.56 Å². The zero-order valence-corrected chi connectivity index (χ0v) is 12.0. The highest BCUT2D eigenvalue weighted by Crippen LogP contribution is 2.31. The van der Waals surface area contributed by atoms with Gasteiger partial charge in [-0.1, -0.05) is 24.3 Å². The quantitative estimate of drug-likeness (QED) is 0.747. The Bertz CT molecular complexity index is 989. The molecule has 3 rings (SSSR count). The maximum atomic E-state index is 12.6. The molecular formula is C17H10F3NO3. The Labute approximate surface area is 133 Å². The molecule has 7 heteroatoms. The van der Waals surface area contributed by atoms with E-state index in [-0.39, 0.29) is 5.56 Å². The molecule has 3 aromatic rings. The summed E-state index contributed by atoms with van der Waals surface area (Å²) in [6.45, 7) is 0. The third kappa shape index (κ3) is 2.88. The summed E-state index contributed by atoms with van der Waals surface area (Å²) in [5.74, 6) is -1.33. The standard InChI is InChI=1S/C17H10F3NO3/c18-17(19,20)12-5-3-9(4-6-12)10-1-2-11-7-13(16(23)24)15(22)21-14(11)8-10/h1-8H,(H,21,22)(H,23,24). The average Bonchev–Trinajstić information content (AvgIpc) is 2.52. The zero-order chi connectivity index (χ0) is 17.5. The number of fused-ring (bicyclic) bond motifs is 1. The summed E-state index contributed by atoms with van der Waals surface area (Å²) in [4.78, 5) is 25.1. The number of alkyl halides is 3. The number of pyridine rings is 1. The van der Waals surface area contributed by atoms with Crippen molar-refractivity contribution in [3.8, 4) is 11.1 Å². The summed E-state index contributed by atoms with van der Waals surface area (Å²) < 4.78 is 37.8. The largest absolute Gasteiger partial charge is 0.477 e. The first-order chi connectivity index (χ1) is 11.3. The number of rotatable bonds is 2. The second-order valence-corrected chi connectivity index (χ2v) is 5.19. The lowest BCUT2D eigenvalue weighted by Crippen LogP contribution is -2.16. The van der Waals surface area contributed by atoms with Crippen molar-refractivity contribution in [3.05, 3.63) is 70.0 Å². The monoisotopic (exact) mass is 333 g/mol. The van der Waals surface area contributed by atoms with Crippen LogP contribution in [0.5, 0.6) is 0 Å². The van der Waals surface area contributed by atoms with Gasteiger partial charge in [0.15, 0.2) is 0 Å². The third-order valence-corrected chi connectivity index (χ3v) is 3.62. The number of aromatic amines is 1. The van der Waals surface area contributed by atoms with E-state index in [2.05, 4.69) is 4.98 Å². The second-order valence-electron chi connectivity index (χ2n) is 5.19. The van der Waals surface area contributed by atoms with Gasteiger partial charge in [-0.3, -0.25) is 4.79 Å². The molecule has 2 N–H and O–H groups in total. The van der Waals surface area contributed by atoms with Crippen LogP contribution >= 0.6 is 0 Å². The first-order valence-corrected chi connectivity index (χ1v) is 6.84. The van der Waals surface area contributed by atoms with Crippen LogP contribution in [0.4, 0.5) is 13.2 Å². The number of hydrogen-bond donors (Lipinski definition) is 2. The maximum absolute atomic E-state index is 12.6. The van der Waals surface area contributed by atoms with E-state index in [4.69, 9.17) is 5.11 Å². The van der Waals surface area contributed by atoms with Crippen LogP contribution in [-0.4, -0.2) is 16.1 Å². The molecule has 0 radical (unpaired) electrons. The molecule has 0 saturated heterocycles. The lowest BCUT2D eigenvalue weighted by atomic mass is 10.0. The lowest BCUT2D eigenvalue weighted by molar-refractivity contribution is -0.137. The second kappa shape index (κ2) is 5.52. The van der Waals surface area contributed by atoms with Gasteiger partial charge in [0.2, 0.25) is 0 Å². The Hall–Kier alpha value is -3.09. The number of halogens is 3. The summed E-state index contributed by atoms with van der Waals surface area (Å²) >= 11 is 0. The normalized spacial score (nSPS) is 11.6. The van der Waals surface area contributed by atoms with E-state index >= 15 is 0 Å². The number of aromatic nitrogens is 1. The van der Waals surface area contributed by atoms with Gasteiger partial charge in [0, 0.05) is 5.52 Å². The van der Waals surface area contributed by atoms with Crippen LogP contribution < -0.4 is 5.56 Å². The molecule has 0 unspecified atom stereocenters. The number of aromatic carboxylic acids is 1. The Morgan fingerprint density at radius 3 is 2.17 bits per heavy atom. The molecule has 0 atom stereocenters. The summed E-state index contributed by atoms with van der Waals surface area (Å²) in [7, 11) is 0. The van der Waals surface area contributed by atoms with E-state index in [1.807, 2.05) is 0 Å². The van der Waals surface area contributed by atoms with Crippen molar-refractivity contribution in [3.63, 3.8) is 0 Å². The van der Waals surface area contributed by atoms with Crippen molar-refractivity contribution in [2.24, 2.45) is 0 Å². The van der Waals surface area contributed by atoms with Crippen molar-refractivity contribution in [1.82, 2.24) is 4.98 Å². The maximum Gasteiger partial charge on any atom is 0.416 e. The van der Waals surface area contributed by atoms with Crippen LogP contribution in [0.3, 0.4) is 0 Å². The van der Waals surface area contributed by atoms with Crippen LogP contribution in [-0.2, 0) is 6.18 Å². The van der Waals surface area contributed by atoms with Gasteiger partial charge in [-0.25, -0.2) is 4.79 Å². The van der Waals surface area contributed by atoms with Crippen LogP contribution in [0.2, 0.25) is 0 Å². The Morgan fingerprint density at radius 1 is 0.958 bits per heavy atom. The number of carbonyl (C=O) groups is 1. The number of nitrogens with one attached hydrogen (secondary N) is 1. The smallest absolute Gasteiger partial charge is 0.416 e. The van der Waals surface area contributed by atoms with E-state index in [9.17, 15) is 22.8 Å². The molecule has 2 aromatic carbocycles. The number of carboxylic acid groups (broad SMARTS) is 1. The number of H-pyrrole nitrogens is 1. The van der Waals surface area contributed by atoms with E-state index < -0.39 is 23.3 Å². The fraction of sp³-hybridized carbons (Fsp3) is 0.0588. The van der Waals surface area contributed by atoms with E-state index in [0.717, 1.165) is 12.1 Å². The molecule has 24 heavy (non-hydrogen) atoms. The van der Waals surface area contributed by atoms with E-state index in [0.29, 0.717) is 22.0 Å². The van der Waals surface area contributed by atoms with Gasteiger partial charge in [-0.15, -0.1) is 0 Å². The van der Waals surface area contributed by atoms with Crippen LogP contribution in [0.1, 0.15) is 15.9 Å². The van der Waals surface area contributed by atoms with Gasteiger partial charge < -0.3 is 10.1 Å². The van der Waals surface area contributed by atoms with Gasteiger partial charge in [-0.2, -0.15) is 13.2 Å². The summed E-state index contributed by atoms with van der Waals surface area (Å²) in [6.07, 6.45) is -4.40. The van der Waals surface area contributed by atoms with Crippen molar-refractivity contribution < 1.29 is 23.1 Å². The molecule has 0 amide bonds. The fourth-order valence-corrected chi connectivity index (χ4v) is 2.39. The molecule has 0 aliphatic heterocycles. The minimum absolute atomic E-state index is 0.371. The highest BCUT2D eigenvalue weighted by Gasteiger charge is 2.29. The topological polar surface area (TPSA) is 70.2 Å². The number of benzene rings is 2. The molecule has 0 aliphatic carbocycles. The van der Waals surface area contributed by atoms with Crippen molar-refractivity contribution in [2.75, 3.05) is 0 Å². The molecule has 0 fully saturated rings. The molecule has 4 nitrogen and oxygen atoms in total. The third-order valence-electron chi connectivity index (χ3n) is 3.62. The van der Waals surface area contributed by atoms with Crippen molar-refractivity contribution >= 4 is 16.9 Å². The average molecular weight is 333 g/mol. The lowest BCUT2D eigenvalue weighted by Gasteiger charge is -2.08. The van der Waals surface area contributed by atoms with Crippen LogP contribution in [0, 0.1) is 0 Å². The van der Waals surface area contributed by atoms with Crippen molar-refractivity contribution in [2.45, 2.75) is 6.18 Å². The van der Waals surface area contributed by atoms with E-state index in [1.165, 1.54) is 18.2 Å².